The Labute approximate surface area is 96.3 Å². The molecule has 0 amide bonds. The lowest BCUT2D eigenvalue weighted by molar-refractivity contribution is -0.138. The molecule has 0 saturated heterocycles. The van der Waals surface area contributed by atoms with Crippen molar-refractivity contribution in [1.82, 2.24) is 0 Å². The van der Waals surface area contributed by atoms with Gasteiger partial charge in [0.2, 0.25) is 0 Å². The molecule has 0 bridgehead atoms. The Morgan fingerprint density at radius 2 is 1.94 bits per heavy atom. The standard InChI is InChI=1S/C9H5BrF4O2/c1-16-8(15)4-2-6(10)5(3-7(4)11)9(12,13)14/h2-3H,1H3. The maximum absolute atomic E-state index is 13.2. The van der Waals surface area contributed by atoms with Crippen LogP contribution in [0, 0.1) is 5.82 Å². The number of carbonyl (C=O) groups is 1. The van der Waals surface area contributed by atoms with Crippen molar-refractivity contribution in [1.29, 1.82) is 0 Å². The molecule has 16 heavy (non-hydrogen) atoms. The first-order valence-corrected chi connectivity index (χ1v) is 4.71. The minimum absolute atomic E-state index is 0.246. The van der Waals surface area contributed by atoms with Gasteiger partial charge in [-0.15, -0.1) is 0 Å². The first-order valence-electron chi connectivity index (χ1n) is 3.92. The van der Waals surface area contributed by atoms with E-state index in [2.05, 4.69) is 20.7 Å². The van der Waals surface area contributed by atoms with Gasteiger partial charge in [-0.3, -0.25) is 0 Å². The third kappa shape index (κ3) is 2.52. The van der Waals surface area contributed by atoms with Crippen LogP contribution < -0.4 is 0 Å². The maximum Gasteiger partial charge on any atom is 0.417 e. The summed E-state index contributed by atoms with van der Waals surface area (Å²) in [7, 11) is 1.01. The van der Waals surface area contributed by atoms with Gasteiger partial charge in [-0.05, 0) is 12.1 Å². The van der Waals surface area contributed by atoms with Crippen molar-refractivity contribution in [2.45, 2.75) is 6.18 Å². The summed E-state index contributed by atoms with van der Waals surface area (Å²) in [5.74, 6) is -2.31. The molecule has 0 aliphatic carbocycles. The Bertz CT molecular complexity index is 428. The summed E-state index contributed by atoms with van der Waals surface area (Å²) in [5, 5.41) is 0. The predicted octanol–water partition coefficient (Wildman–Crippen LogP) is 3.39. The predicted molar refractivity (Wildman–Crippen MR) is 50.4 cm³/mol. The van der Waals surface area contributed by atoms with E-state index in [1.807, 2.05) is 0 Å². The first kappa shape index (κ1) is 13.0. The van der Waals surface area contributed by atoms with E-state index in [-0.39, 0.29) is 6.07 Å². The van der Waals surface area contributed by atoms with Crippen LogP contribution in [-0.4, -0.2) is 13.1 Å². The van der Waals surface area contributed by atoms with Crippen molar-refractivity contribution >= 4 is 21.9 Å². The van der Waals surface area contributed by atoms with E-state index in [1.54, 1.807) is 0 Å². The number of esters is 1. The van der Waals surface area contributed by atoms with Gasteiger partial charge in [0.1, 0.15) is 5.82 Å². The van der Waals surface area contributed by atoms with Gasteiger partial charge in [-0.1, -0.05) is 15.9 Å². The number of carbonyl (C=O) groups excluding carboxylic acids is 1. The van der Waals surface area contributed by atoms with Gasteiger partial charge < -0.3 is 4.74 Å². The average Bonchev–Trinajstić information content (AvgIpc) is 2.18. The van der Waals surface area contributed by atoms with E-state index in [1.165, 1.54) is 0 Å². The second-order valence-corrected chi connectivity index (χ2v) is 3.66. The van der Waals surface area contributed by atoms with Crippen LogP contribution in [0.4, 0.5) is 17.6 Å². The second-order valence-electron chi connectivity index (χ2n) is 2.80. The molecule has 0 atom stereocenters. The molecule has 1 rings (SSSR count). The highest BCUT2D eigenvalue weighted by Gasteiger charge is 2.34. The smallest absolute Gasteiger partial charge is 0.417 e. The Morgan fingerprint density at radius 3 is 2.38 bits per heavy atom. The van der Waals surface area contributed by atoms with E-state index in [4.69, 9.17) is 0 Å². The fourth-order valence-corrected chi connectivity index (χ4v) is 1.60. The molecule has 0 heterocycles. The second kappa shape index (κ2) is 4.40. The Morgan fingerprint density at radius 1 is 1.38 bits per heavy atom. The molecule has 0 N–H and O–H groups in total. The topological polar surface area (TPSA) is 26.3 Å². The van der Waals surface area contributed by atoms with Crippen LogP contribution in [0.15, 0.2) is 16.6 Å². The molecular formula is C9H5BrF4O2. The summed E-state index contributed by atoms with van der Waals surface area (Å²) in [5.41, 5.74) is -1.74. The lowest BCUT2D eigenvalue weighted by Gasteiger charge is -2.10. The molecule has 2 nitrogen and oxygen atoms in total. The summed E-state index contributed by atoms with van der Waals surface area (Å²) in [6, 6.07) is 0.986. The number of rotatable bonds is 1. The number of halogens is 5. The molecule has 0 spiro atoms. The van der Waals surface area contributed by atoms with Crippen molar-refractivity contribution < 1.29 is 27.1 Å². The largest absolute Gasteiger partial charge is 0.465 e. The van der Waals surface area contributed by atoms with Crippen LogP contribution >= 0.6 is 15.9 Å². The zero-order valence-corrected chi connectivity index (χ0v) is 9.45. The third-order valence-electron chi connectivity index (χ3n) is 1.77. The molecule has 0 fully saturated rings. The number of benzene rings is 1. The zero-order valence-electron chi connectivity index (χ0n) is 7.86. The van der Waals surface area contributed by atoms with Crippen LogP contribution in [0.2, 0.25) is 0 Å². The van der Waals surface area contributed by atoms with Crippen molar-refractivity contribution in [2.24, 2.45) is 0 Å². The molecule has 0 aliphatic heterocycles. The molecule has 0 aliphatic rings. The first-order chi connectivity index (χ1) is 7.27. The zero-order chi connectivity index (χ0) is 12.5. The highest BCUT2D eigenvalue weighted by molar-refractivity contribution is 9.10. The summed E-state index contributed by atoms with van der Waals surface area (Å²) < 4.78 is 54.0. The monoisotopic (exact) mass is 300 g/mol. The van der Waals surface area contributed by atoms with Gasteiger partial charge in [-0.25, -0.2) is 9.18 Å². The molecule has 7 heteroatoms. The van der Waals surface area contributed by atoms with E-state index in [9.17, 15) is 22.4 Å². The molecule has 1 aromatic carbocycles. The summed E-state index contributed by atoms with van der Waals surface area (Å²) >= 11 is 2.62. The molecule has 88 valence electrons. The van der Waals surface area contributed by atoms with Gasteiger partial charge in [0.05, 0.1) is 18.2 Å². The van der Waals surface area contributed by atoms with E-state index < -0.39 is 33.6 Å². The summed E-state index contributed by atoms with van der Waals surface area (Å²) in [6.45, 7) is 0. The molecule has 0 radical (unpaired) electrons. The fraction of sp³-hybridized carbons (Fsp3) is 0.222. The van der Waals surface area contributed by atoms with Crippen LogP contribution in [0.5, 0.6) is 0 Å². The normalized spacial score (nSPS) is 11.4. The van der Waals surface area contributed by atoms with Crippen molar-refractivity contribution in [3.05, 3.63) is 33.5 Å². The minimum atomic E-state index is -4.69. The average molecular weight is 301 g/mol. The highest BCUT2D eigenvalue weighted by Crippen LogP contribution is 2.36. The van der Waals surface area contributed by atoms with Crippen LogP contribution in [0.1, 0.15) is 15.9 Å². The quantitative estimate of drug-likeness (QED) is 0.587. The van der Waals surface area contributed by atoms with E-state index >= 15 is 0 Å². The van der Waals surface area contributed by atoms with Crippen molar-refractivity contribution in [3.8, 4) is 0 Å². The van der Waals surface area contributed by atoms with Gasteiger partial charge in [0, 0.05) is 4.47 Å². The van der Waals surface area contributed by atoms with Crippen LogP contribution in [0.25, 0.3) is 0 Å². The SMILES string of the molecule is COC(=O)c1cc(Br)c(C(F)(F)F)cc1F. The molecule has 0 unspecified atom stereocenters. The van der Waals surface area contributed by atoms with Gasteiger partial charge in [0.25, 0.3) is 0 Å². The van der Waals surface area contributed by atoms with Gasteiger partial charge in [0.15, 0.2) is 0 Å². The lowest BCUT2D eigenvalue weighted by Crippen LogP contribution is -2.10. The number of ether oxygens (including phenoxy) is 1. The summed E-state index contributed by atoms with van der Waals surface area (Å²) in [4.78, 5) is 11.0. The van der Waals surface area contributed by atoms with Gasteiger partial charge >= 0.3 is 12.1 Å². The van der Waals surface area contributed by atoms with Crippen LogP contribution in [0.3, 0.4) is 0 Å². The molecule has 0 aromatic heterocycles. The lowest BCUT2D eigenvalue weighted by atomic mass is 10.1. The summed E-state index contributed by atoms with van der Waals surface area (Å²) in [6.07, 6.45) is -4.69. The van der Waals surface area contributed by atoms with Gasteiger partial charge in [-0.2, -0.15) is 13.2 Å². The molecule has 0 saturated carbocycles. The minimum Gasteiger partial charge on any atom is -0.465 e. The van der Waals surface area contributed by atoms with E-state index in [0.717, 1.165) is 13.2 Å². The number of hydrogen-bond acceptors (Lipinski definition) is 2. The van der Waals surface area contributed by atoms with Crippen molar-refractivity contribution in [2.75, 3.05) is 7.11 Å². The number of hydrogen-bond donors (Lipinski definition) is 0. The van der Waals surface area contributed by atoms with Crippen LogP contribution in [-0.2, 0) is 10.9 Å². The third-order valence-corrected chi connectivity index (χ3v) is 2.42. The highest BCUT2D eigenvalue weighted by atomic mass is 79.9. The Kier molecular flexibility index (Phi) is 3.57. The number of methoxy groups -OCH3 is 1. The maximum atomic E-state index is 13.2. The molecular weight excluding hydrogens is 296 g/mol. The Balaban J connectivity index is 3.33. The fourth-order valence-electron chi connectivity index (χ4n) is 1.03. The Hall–Kier alpha value is -1.11. The van der Waals surface area contributed by atoms with Crippen molar-refractivity contribution in [3.63, 3.8) is 0 Å². The van der Waals surface area contributed by atoms with E-state index in [0.29, 0.717) is 0 Å². The number of alkyl halides is 3. The molecule has 1 aromatic rings.